The van der Waals surface area contributed by atoms with Gasteiger partial charge in [0.1, 0.15) is 0 Å². The Morgan fingerprint density at radius 2 is 1.00 bits per heavy atom. The van der Waals surface area contributed by atoms with Gasteiger partial charge in [0.25, 0.3) is 0 Å². The molecule has 2 unspecified atom stereocenters. The summed E-state index contributed by atoms with van der Waals surface area (Å²) in [7, 11) is 6.96. The van der Waals surface area contributed by atoms with Gasteiger partial charge in [0.2, 0.25) is 11.8 Å². The number of rotatable bonds is 9. The van der Waals surface area contributed by atoms with E-state index in [1.165, 1.54) is 22.3 Å². The Morgan fingerprint density at radius 1 is 0.604 bits per heavy atom. The summed E-state index contributed by atoms with van der Waals surface area (Å²) in [6.07, 6.45) is 4.61. The summed E-state index contributed by atoms with van der Waals surface area (Å²) in [5, 5.41) is 1.19. The molecule has 2 saturated heterocycles. The van der Waals surface area contributed by atoms with Gasteiger partial charge in [-0.3, -0.25) is 9.80 Å². The van der Waals surface area contributed by atoms with Gasteiger partial charge in [0.05, 0.1) is 47.9 Å². The van der Waals surface area contributed by atoms with Crippen molar-refractivity contribution in [1.82, 2.24) is 19.8 Å². The predicted molar refractivity (Wildman–Crippen MR) is 188 cm³/mol. The first kappa shape index (κ1) is 32.0. The minimum absolute atomic E-state index is 0.294. The Kier molecular flexibility index (Phi) is 8.60. The summed E-state index contributed by atoms with van der Waals surface area (Å²) in [6, 6.07) is 17.0. The van der Waals surface area contributed by atoms with Crippen molar-refractivity contribution in [2.24, 2.45) is 0 Å². The maximum absolute atomic E-state index is 7.24. The van der Waals surface area contributed by atoms with Gasteiger partial charge in [-0.1, -0.05) is 59.6 Å². The van der Waals surface area contributed by atoms with Crippen LogP contribution in [0.25, 0.3) is 33.6 Å². The molecule has 2 aliphatic heterocycles. The van der Waals surface area contributed by atoms with Crippen LogP contribution in [0.3, 0.4) is 0 Å². The van der Waals surface area contributed by atoms with E-state index in [2.05, 4.69) is 21.9 Å². The van der Waals surface area contributed by atoms with Gasteiger partial charge in [-0.05, 0) is 48.9 Å². The quantitative estimate of drug-likeness (QED) is 0.180. The highest BCUT2D eigenvalue weighted by atomic mass is 35.5. The minimum atomic E-state index is 0.294. The zero-order valence-corrected chi connectivity index (χ0v) is 29.3. The third-order valence-corrected chi connectivity index (χ3v) is 11.6. The molecule has 2 aromatic carbocycles. The lowest BCUT2D eigenvalue weighted by Crippen LogP contribution is -2.52. The number of methoxy groups -OCH3 is 4. The van der Waals surface area contributed by atoms with Gasteiger partial charge in [-0.25, -0.2) is 9.97 Å². The van der Waals surface area contributed by atoms with Crippen LogP contribution >= 0.6 is 23.2 Å². The third-order valence-electron chi connectivity index (χ3n) is 10.8. The lowest BCUT2D eigenvalue weighted by molar-refractivity contribution is -0.0515. The van der Waals surface area contributed by atoms with Crippen molar-refractivity contribution in [3.63, 3.8) is 0 Å². The molecule has 8 nitrogen and oxygen atoms in total. The number of pyridine rings is 2. The number of halogens is 2. The van der Waals surface area contributed by atoms with Crippen molar-refractivity contribution in [1.29, 1.82) is 0 Å². The molecule has 0 saturated carbocycles. The number of likely N-dealkylation sites (tertiary alicyclic amines) is 2. The molecule has 8 rings (SSSR count). The summed E-state index contributed by atoms with van der Waals surface area (Å²) in [6.45, 7) is 3.73. The Hall–Kier alpha value is -3.24. The summed E-state index contributed by atoms with van der Waals surface area (Å²) in [5.41, 5.74) is 9.84. The Morgan fingerprint density at radius 3 is 1.38 bits per heavy atom. The summed E-state index contributed by atoms with van der Waals surface area (Å²) in [4.78, 5) is 14.9. The second-order valence-electron chi connectivity index (χ2n) is 13.2. The van der Waals surface area contributed by atoms with Crippen molar-refractivity contribution in [2.45, 2.75) is 50.0 Å². The number of ether oxygens (including phenoxy) is 4. The SMILES string of the molecule is COc1nc(-c2cccc(-c3cccc(-c4cc5c(c(OC)n4)C(N4CC(OC)C4)CC5)c3Cl)c2Cl)cc2c1C(N1CC(OC)C1)CC2. The molecular weight excluding hydrogens is 647 g/mol. The maximum atomic E-state index is 7.24. The average Bonchev–Trinajstić information content (AvgIpc) is 3.68. The molecule has 2 aliphatic carbocycles. The molecule has 4 aromatic rings. The van der Waals surface area contributed by atoms with E-state index in [-0.39, 0.29) is 0 Å². The number of hydrogen-bond acceptors (Lipinski definition) is 8. The molecule has 2 aromatic heterocycles. The van der Waals surface area contributed by atoms with E-state index < -0.39 is 0 Å². The van der Waals surface area contributed by atoms with E-state index in [1.54, 1.807) is 28.4 Å². The fourth-order valence-corrected chi connectivity index (χ4v) is 8.75. The molecule has 10 heteroatoms. The third kappa shape index (κ3) is 5.29. The molecule has 0 spiro atoms. The topological polar surface area (TPSA) is 69.2 Å². The Balaban J connectivity index is 1.12. The highest BCUT2D eigenvalue weighted by Gasteiger charge is 2.40. The second kappa shape index (κ2) is 12.9. The fraction of sp³-hybridized carbons (Fsp3) is 0.421. The normalized spacial score (nSPS) is 21.1. The molecule has 0 N–H and O–H groups in total. The number of hydrogen-bond donors (Lipinski definition) is 0. The lowest BCUT2D eigenvalue weighted by Gasteiger charge is -2.42. The Labute approximate surface area is 291 Å². The molecule has 4 heterocycles. The van der Waals surface area contributed by atoms with Gasteiger partial charge < -0.3 is 18.9 Å². The molecule has 250 valence electrons. The molecule has 2 atom stereocenters. The van der Waals surface area contributed by atoms with Crippen molar-refractivity contribution in [2.75, 3.05) is 54.6 Å². The maximum Gasteiger partial charge on any atom is 0.218 e. The van der Waals surface area contributed by atoms with Crippen LogP contribution in [0.5, 0.6) is 11.8 Å². The van der Waals surface area contributed by atoms with Crippen LogP contribution in [0, 0.1) is 0 Å². The second-order valence-corrected chi connectivity index (χ2v) is 14.0. The van der Waals surface area contributed by atoms with Gasteiger partial charge in [-0.2, -0.15) is 0 Å². The molecule has 0 radical (unpaired) electrons. The largest absolute Gasteiger partial charge is 0.481 e. The highest BCUT2D eigenvalue weighted by molar-refractivity contribution is 6.39. The molecular formula is C38H40Cl2N4O4. The number of benzene rings is 2. The molecule has 0 bridgehead atoms. The number of aryl methyl sites for hydroxylation is 2. The summed E-state index contributed by atoms with van der Waals surface area (Å²) >= 11 is 14.5. The van der Waals surface area contributed by atoms with Crippen LogP contribution in [0.2, 0.25) is 10.0 Å². The van der Waals surface area contributed by atoms with Gasteiger partial charge in [0.15, 0.2) is 0 Å². The van der Waals surface area contributed by atoms with Gasteiger partial charge >= 0.3 is 0 Å². The van der Waals surface area contributed by atoms with E-state index in [4.69, 9.17) is 52.1 Å². The van der Waals surface area contributed by atoms with E-state index in [9.17, 15) is 0 Å². The van der Waals surface area contributed by atoms with E-state index in [0.29, 0.717) is 46.1 Å². The zero-order chi connectivity index (χ0) is 33.1. The van der Waals surface area contributed by atoms with Crippen LogP contribution in [0.15, 0.2) is 48.5 Å². The van der Waals surface area contributed by atoms with Crippen molar-refractivity contribution in [3.8, 4) is 45.4 Å². The van der Waals surface area contributed by atoms with Crippen molar-refractivity contribution >= 4 is 23.2 Å². The predicted octanol–water partition coefficient (Wildman–Crippen LogP) is 7.44. The molecule has 2 fully saturated rings. The van der Waals surface area contributed by atoms with Gasteiger partial charge in [0, 0.05) is 85.9 Å². The molecule has 48 heavy (non-hydrogen) atoms. The molecule has 0 amide bonds. The number of nitrogens with zero attached hydrogens (tertiary/aromatic N) is 4. The molecule has 4 aliphatic rings. The first-order valence-corrected chi connectivity index (χ1v) is 17.4. The monoisotopic (exact) mass is 686 g/mol. The van der Waals surface area contributed by atoms with Crippen molar-refractivity contribution < 1.29 is 18.9 Å². The van der Waals surface area contributed by atoms with Crippen LogP contribution in [0.4, 0.5) is 0 Å². The van der Waals surface area contributed by atoms with Crippen LogP contribution in [-0.2, 0) is 22.3 Å². The average molecular weight is 688 g/mol. The highest BCUT2D eigenvalue weighted by Crippen LogP contribution is 2.48. The fourth-order valence-electron chi connectivity index (χ4n) is 8.10. The lowest BCUT2D eigenvalue weighted by atomic mass is 9.96. The standard InChI is InChI=1S/C38H40Cl2N4O4/c1-45-23-17-43(18-23)31-13-11-21-15-29(41-37(47-3)33(21)31)27-9-5-7-25(35(27)39)26-8-6-10-28(36(26)40)30-16-22-12-14-32(34(22)38(42-30)48-4)44-19-24(20-44)46-2/h5-10,15-16,23-24,31-32H,11-14,17-20H2,1-4H3. The number of fused-ring (bicyclic) bond motifs is 2. The van der Waals surface area contributed by atoms with E-state index in [0.717, 1.165) is 85.5 Å². The van der Waals surface area contributed by atoms with Crippen molar-refractivity contribution in [3.05, 3.63) is 80.8 Å². The first-order valence-electron chi connectivity index (χ1n) is 16.7. The Bertz CT molecular complexity index is 1740. The first-order chi connectivity index (χ1) is 23.4. The van der Waals surface area contributed by atoms with Crippen LogP contribution in [0.1, 0.15) is 47.2 Å². The van der Waals surface area contributed by atoms with E-state index >= 15 is 0 Å². The minimum Gasteiger partial charge on any atom is -0.481 e. The number of aromatic nitrogens is 2. The smallest absolute Gasteiger partial charge is 0.218 e. The zero-order valence-electron chi connectivity index (χ0n) is 27.8. The van der Waals surface area contributed by atoms with Gasteiger partial charge in [-0.15, -0.1) is 0 Å². The summed E-state index contributed by atoms with van der Waals surface area (Å²) in [5.74, 6) is 1.33. The van der Waals surface area contributed by atoms with Crippen LogP contribution in [-0.4, -0.2) is 86.6 Å². The van der Waals surface area contributed by atoms with E-state index in [1.807, 2.05) is 36.4 Å². The van der Waals surface area contributed by atoms with Crippen LogP contribution < -0.4 is 9.47 Å². The summed E-state index contributed by atoms with van der Waals surface area (Å²) < 4.78 is 22.8.